The highest BCUT2D eigenvalue weighted by Crippen LogP contribution is 2.41. The number of likely N-dealkylation sites (N-methyl/N-ethyl adjacent to an activating group) is 1. The normalized spacial score (nSPS) is 15.0. The maximum atomic E-state index is 12.7. The molecular formula is C21H25N3O. The van der Waals surface area contributed by atoms with Crippen LogP contribution in [0.15, 0.2) is 54.9 Å². The van der Waals surface area contributed by atoms with Gasteiger partial charge >= 0.3 is 0 Å². The van der Waals surface area contributed by atoms with Gasteiger partial charge in [-0.3, -0.25) is 4.79 Å². The minimum atomic E-state index is -0.348. The number of fused-ring (bicyclic) bond motifs is 2. The fourth-order valence-electron chi connectivity index (χ4n) is 3.00. The van der Waals surface area contributed by atoms with E-state index in [0.717, 1.165) is 27.8 Å². The molecule has 1 atom stereocenters. The molecule has 2 heterocycles. The van der Waals surface area contributed by atoms with Gasteiger partial charge < -0.3 is 4.90 Å². The highest BCUT2D eigenvalue weighted by atomic mass is 16.2. The molecule has 25 heavy (non-hydrogen) atoms. The summed E-state index contributed by atoms with van der Waals surface area (Å²) in [5.74, 6) is -0.292. The number of aromatic nitrogens is 2. The summed E-state index contributed by atoms with van der Waals surface area (Å²) in [6.45, 7) is 8.00. The predicted octanol–water partition coefficient (Wildman–Crippen LogP) is 4.79. The Balaban J connectivity index is 0.000000528. The van der Waals surface area contributed by atoms with Crippen LogP contribution in [0.1, 0.15) is 44.9 Å². The minimum absolute atomic E-state index is 0.0556. The number of carbonyl (C=O) groups excluding carboxylic acids is 1. The Kier molecular flexibility index (Phi) is 6.23. The van der Waals surface area contributed by atoms with E-state index in [2.05, 4.69) is 9.97 Å². The molecule has 0 radical (unpaired) electrons. The summed E-state index contributed by atoms with van der Waals surface area (Å²) in [6.07, 6.45) is 1.53. The molecule has 130 valence electrons. The second-order valence-corrected chi connectivity index (χ2v) is 5.17. The Labute approximate surface area is 149 Å². The molecule has 0 saturated carbocycles. The van der Waals surface area contributed by atoms with Crippen molar-refractivity contribution in [2.45, 2.75) is 33.6 Å². The van der Waals surface area contributed by atoms with Crippen LogP contribution < -0.4 is 4.90 Å². The molecule has 0 saturated heterocycles. The number of hydrogen-bond acceptors (Lipinski definition) is 3. The molecule has 1 amide bonds. The molecular weight excluding hydrogens is 310 g/mol. The molecule has 4 rings (SSSR count). The number of nitrogens with zero attached hydrogens (tertiary/aromatic N) is 3. The van der Waals surface area contributed by atoms with Crippen molar-refractivity contribution in [3.8, 4) is 0 Å². The van der Waals surface area contributed by atoms with Gasteiger partial charge in [0.25, 0.3) is 0 Å². The number of anilines is 1. The summed E-state index contributed by atoms with van der Waals surface area (Å²) in [4.78, 5) is 23.1. The van der Waals surface area contributed by atoms with Gasteiger partial charge in [0, 0.05) is 18.1 Å². The fraction of sp³-hybridized carbons (Fsp3) is 0.286. The van der Waals surface area contributed by atoms with Crippen LogP contribution in [0.3, 0.4) is 0 Å². The molecule has 0 bridgehead atoms. The maximum Gasteiger partial charge on any atom is 0.240 e. The Hall–Kier alpha value is -2.75. The van der Waals surface area contributed by atoms with Gasteiger partial charge in [0.05, 0.1) is 11.2 Å². The number of carbonyl (C=O) groups is 1. The first-order valence-electron chi connectivity index (χ1n) is 8.83. The highest BCUT2D eigenvalue weighted by Gasteiger charge is 2.37. The molecule has 1 unspecified atom stereocenters. The lowest BCUT2D eigenvalue weighted by molar-refractivity contribution is -0.118. The molecule has 4 heteroatoms. The molecule has 0 spiro atoms. The lowest BCUT2D eigenvalue weighted by Gasteiger charge is -2.12. The first-order chi connectivity index (χ1) is 12.3. The molecule has 0 fully saturated rings. The van der Waals surface area contributed by atoms with Gasteiger partial charge in [-0.1, -0.05) is 64.1 Å². The third kappa shape index (κ3) is 3.25. The zero-order valence-electron chi connectivity index (χ0n) is 15.5. The van der Waals surface area contributed by atoms with E-state index >= 15 is 0 Å². The number of benzene rings is 2. The van der Waals surface area contributed by atoms with E-state index in [4.69, 9.17) is 0 Å². The molecule has 1 aliphatic rings. The summed E-state index contributed by atoms with van der Waals surface area (Å²) in [6, 6.07) is 15.7. The van der Waals surface area contributed by atoms with Gasteiger partial charge in [-0.2, -0.15) is 0 Å². The van der Waals surface area contributed by atoms with E-state index in [-0.39, 0.29) is 11.8 Å². The molecule has 2 aromatic carbocycles. The van der Waals surface area contributed by atoms with Crippen LogP contribution in [0, 0.1) is 0 Å². The predicted molar refractivity (Wildman–Crippen MR) is 104 cm³/mol. The maximum absolute atomic E-state index is 12.7. The first-order valence-corrected chi connectivity index (χ1v) is 8.83. The second kappa shape index (κ2) is 8.38. The summed E-state index contributed by atoms with van der Waals surface area (Å²) < 4.78 is 0. The molecule has 0 aliphatic carbocycles. The van der Waals surface area contributed by atoms with Crippen LogP contribution in [-0.2, 0) is 4.79 Å². The van der Waals surface area contributed by atoms with Gasteiger partial charge in [-0.15, -0.1) is 0 Å². The zero-order valence-corrected chi connectivity index (χ0v) is 15.5. The lowest BCUT2D eigenvalue weighted by atomic mass is 9.94. The van der Waals surface area contributed by atoms with Gasteiger partial charge in [0.1, 0.15) is 12.2 Å². The fourth-order valence-corrected chi connectivity index (χ4v) is 3.00. The Morgan fingerprint density at radius 2 is 1.52 bits per heavy atom. The summed E-state index contributed by atoms with van der Waals surface area (Å²) in [7, 11) is 1.81. The lowest BCUT2D eigenvalue weighted by Crippen LogP contribution is -2.25. The average Bonchev–Trinajstić information content (AvgIpc) is 2.95. The molecule has 1 aromatic heterocycles. The Bertz CT molecular complexity index is 855. The minimum Gasteiger partial charge on any atom is -0.314 e. The standard InChI is InChI=1S/C17H13N3O.2C2H6/c1-20-14-9-5-3-7-12(14)15(17(20)21)16-11-6-2-4-8-13(11)18-10-19-16;2*1-2/h2-10,15H,1H3;2*1-2H3. The third-order valence-electron chi connectivity index (χ3n) is 4.03. The van der Waals surface area contributed by atoms with E-state index < -0.39 is 0 Å². The summed E-state index contributed by atoms with van der Waals surface area (Å²) in [5, 5.41) is 0.934. The van der Waals surface area contributed by atoms with Crippen LogP contribution in [0.2, 0.25) is 0 Å². The van der Waals surface area contributed by atoms with Crippen LogP contribution in [0.25, 0.3) is 10.9 Å². The van der Waals surface area contributed by atoms with E-state index in [9.17, 15) is 4.79 Å². The SMILES string of the molecule is CC.CC.CN1C(=O)C(c2ncnc3ccccc23)c2ccccc21. The van der Waals surface area contributed by atoms with Gasteiger partial charge in [-0.25, -0.2) is 9.97 Å². The second-order valence-electron chi connectivity index (χ2n) is 5.17. The smallest absolute Gasteiger partial charge is 0.240 e. The number of amides is 1. The third-order valence-corrected chi connectivity index (χ3v) is 4.03. The van der Waals surface area contributed by atoms with Crippen LogP contribution >= 0.6 is 0 Å². The van der Waals surface area contributed by atoms with Crippen molar-refractivity contribution in [1.82, 2.24) is 9.97 Å². The molecule has 1 aliphatic heterocycles. The van der Waals surface area contributed by atoms with E-state index in [1.165, 1.54) is 6.33 Å². The topological polar surface area (TPSA) is 46.1 Å². The van der Waals surface area contributed by atoms with E-state index in [0.29, 0.717) is 0 Å². The van der Waals surface area contributed by atoms with Crippen molar-refractivity contribution in [3.05, 3.63) is 66.1 Å². The summed E-state index contributed by atoms with van der Waals surface area (Å²) in [5.41, 5.74) is 3.61. The first kappa shape index (κ1) is 18.6. The highest BCUT2D eigenvalue weighted by molar-refractivity contribution is 6.08. The average molecular weight is 335 g/mol. The van der Waals surface area contributed by atoms with Gasteiger partial charge in [-0.05, 0) is 17.7 Å². The van der Waals surface area contributed by atoms with Crippen molar-refractivity contribution in [2.24, 2.45) is 0 Å². The molecule has 4 nitrogen and oxygen atoms in total. The van der Waals surface area contributed by atoms with Crippen molar-refractivity contribution >= 4 is 22.5 Å². The van der Waals surface area contributed by atoms with E-state index in [1.54, 1.807) is 4.90 Å². The Morgan fingerprint density at radius 3 is 2.28 bits per heavy atom. The Morgan fingerprint density at radius 1 is 0.880 bits per heavy atom. The van der Waals surface area contributed by atoms with Crippen molar-refractivity contribution in [1.29, 1.82) is 0 Å². The van der Waals surface area contributed by atoms with Crippen molar-refractivity contribution in [3.63, 3.8) is 0 Å². The van der Waals surface area contributed by atoms with E-state index in [1.807, 2.05) is 83.3 Å². The van der Waals surface area contributed by atoms with Crippen molar-refractivity contribution in [2.75, 3.05) is 11.9 Å². The number of rotatable bonds is 1. The molecule has 3 aromatic rings. The zero-order chi connectivity index (χ0) is 18.4. The largest absolute Gasteiger partial charge is 0.314 e. The van der Waals surface area contributed by atoms with Crippen LogP contribution in [0.5, 0.6) is 0 Å². The van der Waals surface area contributed by atoms with Crippen LogP contribution in [0.4, 0.5) is 5.69 Å². The summed E-state index contributed by atoms with van der Waals surface area (Å²) >= 11 is 0. The quantitative estimate of drug-likeness (QED) is 0.642. The molecule has 0 N–H and O–H groups in total. The van der Waals surface area contributed by atoms with Gasteiger partial charge in [0.15, 0.2) is 0 Å². The number of para-hydroxylation sites is 2. The number of hydrogen-bond donors (Lipinski definition) is 0. The van der Waals surface area contributed by atoms with Gasteiger partial charge in [0.2, 0.25) is 5.91 Å². The van der Waals surface area contributed by atoms with Crippen molar-refractivity contribution < 1.29 is 4.79 Å². The monoisotopic (exact) mass is 335 g/mol. The van der Waals surface area contributed by atoms with Crippen LogP contribution in [-0.4, -0.2) is 22.9 Å².